The van der Waals surface area contributed by atoms with Gasteiger partial charge in [0.2, 0.25) is 0 Å². The van der Waals surface area contributed by atoms with Crippen molar-refractivity contribution in [3.05, 3.63) is 54.6 Å². The smallest absolute Gasteiger partial charge is 0.265 e. The Morgan fingerprint density at radius 2 is 1.72 bits per heavy atom. The topological polar surface area (TPSA) is 47.6 Å². The van der Waals surface area contributed by atoms with Crippen molar-refractivity contribution in [2.75, 3.05) is 5.32 Å². The predicted molar refractivity (Wildman–Crippen MR) is 99.1 cm³/mol. The van der Waals surface area contributed by atoms with E-state index in [0.29, 0.717) is 18.3 Å². The largest absolute Gasteiger partial charge is 0.490 e. The normalized spacial score (nSPS) is 15.6. The van der Waals surface area contributed by atoms with E-state index in [4.69, 9.17) is 9.47 Å². The minimum absolute atomic E-state index is 0.143. The van der Waals surface area contributed by atoms with Gasteiger partial charge >= 0.3 is 0 Å². The summed E-state index contributed by atoms with van der Waals surface area (Å²) in [4.78, 5) is 12.4. The highest BCUT2D eigenvalue weighted by Gasteiger charge is 2.19. The number of carbonyl (C=O) groups is 1. The Hall–Kier alpha value is -2.49. The highest BCUT2D eigenvalue weighted by molar-refractivity contribution is 5.94. The van der Waals surface area contributed by atoms with Gasteiger partial charge in [0.1, 0.15) is 11.5 Å². The molecule has 0 spiro atoms. The number of anilines is 1. The fourth-order valence-electron chi connectivity index (χ4n) is 3.02. The van der Waals surface area contributed by atoms with Crippen molar-refractivity contribution in [1.29, 1.82) is 0 Å². The second-order valence-electron chi connectivity index (χ2n) is 6.37. The lowest BCUT2D eigenvalue weighted by molar-refractivity contribution is -0.122. The maximum absolute atomic E-state index is 12.4. The monoisotopic (exact) mass is 339 g/mol. The Kier molecular flexibility index (Phi) is 5.94. The summed E-state index contributed by atoms with van der Waals surface area (Å²) in [6.45, 7) is 1.94. The average Bonchev–Trinajstić information content (AvgIpc) is 3.15. The third kappa shape index (κ3) is 4.99. The summed E-state index contributed by atoms with van der Waals surface area (Å²) in [5.74, 6) is 1.41. The van der Waals surface area contributed by atoms with Crippen molar-refractivity contribution in [1.82, 2.24) is 0 Å². The molecule has 2 aromatic carbocycles. The number of carbonyl (C=O) groups excluding carboxylic acids is 1. The molecular weight excluding hydrogens is 314 g/mol. The number of rotatable bonds is 7. The average molecular weight is 339 g/mol. The third-order valence-corrected chi connectivity index (χ3v) is 4.41. The molecule has 0 aromatic heterocycles. The Bertz CT molecular complexity index is 663. The molecule has 0 heterocycles. The minimum atomic E-state index is -0.517. The van der Waals surface area contributed by atoms with E-state index in [1.54, 1.807) is 0 Å². The molecule has 0 saturated heterocycles. The second kappa shape index (κ2) is 8.56. The van der Waals surface area contributed by atoms with Gasteiger partial charge in [-0.2, -0.15) is 0 Å². The molecule has 0 unspecified atom stereocenters. The molecule has 0 aliphatic heterocycles. The summed E-state index contributed by atoms with van der Waals surface area (Å²) in [6.07, 6.45) is 5.18. The van der Waals surface area contributed by atoms with Crippen LogP contribution in [-0.2, 0) is 4.79 Å². The number of benzene rings is 2. The van der Waals surface area contributed by atoms with E-state index in [2.05, 4.69) is 5.32 Å². The zero-order chi connectivity index (χ0) is 17.5. The summed E-state index contributed by atoms with van der Waals surface area (Å²) < 4.78 is 11.7. The van der Waals surface area contributed by atoms with E-state index in [-0.39, 0.29) is 5.91 Å². The van der Waals surface area contributed by atoms with Crippen LogP contribution in [-0.4, -0.2) is 18.1 Å². The molecule has 25 heavy (non-hydrogen) atoms. The Labute approximate surface area is 149 Å². The van der Waals surface area contributed by atoms with Crippen molar-refractivity contribution in [3.8, 4) is 11.5 Å². The summed E-state index contributed by atoms with van der Waals surface area (Å²) in [7, 11) is 0. The minimum Gasteiger partial charge on any atom is -0.490 e. The Morgan fingerprint density at radius 3 is 2.36 bits per heavy atom. The summed E-state index contributed by atoms with van der Waals surface area (Å²) >= 11 is 0. The van der Waals surface area contributed by atoms with Gasteiger partial charge in [-0.1, -0.05) is 25.1 Å². The van der Waals surface area contributed by atoms with Crippen LogP contribution in [0.1, 0.15) is 39.0 Å². The molecule has 1 N–H and O–H groups in total. The summed E-state index contributed by atoms with van der Waals surface area (Å²) in [6, 6.07) is 17.0. The van der Waals surface area contributed by atoms with Gasteiger partial charge in [-0.15, -0.1) is 0 Å². The van der Waals surface area contributed by atoms with Crippen LogP contribution >= 0.6 is 0 Å². The molecule has 3 rings (SSSR count). The van der Waals surface area contributed by atoms with Gasteiger partial charge in [-0.05, 0) is 68.5 Å². The van der Waals surface area contributed by atoms with Gasteiger partial charge in [-0.25, -0.2) is 0 Å². The SMILES string of the molecule is CC[C@H](Oc1ccccc1)C(=O)Nc1ccc(OC2CCCC2)cc1. The first-order chi connectivity index (χ1) is 12.2. The molecule has 0 radical (unpaired) electrons. The Balaban J connectivity index is 1.55. The molecule has 1 amide bonds. The number of ether oxygens (including phenoxy) is 2. The van der Waals surface area contributed by atoms with Gasteiger partial charge < -0.3 is 14.8 Å². The van der Waals surface area contributed by atoms with Gasteiger partial charge in [0.05, 0.1) is 6.10 Å². The molecule has 1 atom stereocenters. The van der Waals surface area contributed by atoms with Crippen LogP contribution in [0, 0.1) is 0 Å². The fraction of sp³-hybridized carbons (Fsp3) is 0.381. The zero-order valence-corrected chi connectivity index (χ0v) is 14.6. The molecule has 4 nitrogen and oxygen atoms in total. The van der Waals surface area contributed by atoms with E-state index in [1.165, 1.54) is 12.8 Å². The standard InChI is InChI=1S/C21H25NO3/c1-2-20(25-18-8-4-3-5-9-18)21(23)22-16-12-14-19(15-13-16)24-17-10-6-7-11-17/h3-5,8-9,12-15,17,20H,2,6-7,10-11H2,1H3,(H,22,23)/t20-/m0/s1. The van der Waals surface area contributed by atoms with Crippen LogP contribution in [0.5, 0.6) is 11.5 Å². The molecule has 132 valence electrons. The molecular formula is C21H25NO3. The third-order valence-electron chi connectivity index (χ3n) is 4.41. The van der Waals surface area contributed by atoms with Crippen LogP contribution in [0.2, 0.25) is 0 Å². The van der Waals surface area contributed by atoms with Crippen LogP contribution in [0.3, 0.4) is 0 Å². The van der Waals surface area contributed by atoms with E-state index < -0.39 is 6.10 Å². The van der Waals surface area contributed by atoms with Gasteiger partial charge in [0.25, 0.3) is 5.91 Å². The lowest BCUT2D eigenvalue weighted by atomic mass is 10.2. The van der Waals surface area contributed by atoms with E-state index in [9.17, 15) is 4.79 Å². The molecule has 2 aromatic rings. The van der Waals surface area contributed by atoms with Crippen LogP contribution in [0.15, 0.2) is 54.6 Å². The number of hydrogen-bond acceptors (Lipinski definition) is 3. The van der Waals surface area contributed by atoms with E-state index in [0.717, 1.165) is 24.3 Å². The maximum Gasteiger partial charge on any atom is 0.265 e. The van der Waals surface area contributed by atoms with Crippen molar-refractivity contribution in [3.63, 3.8) is 0 Å². The maximum atomic E-state index is 12.4. The first-order valence-corrected chi connectivity index (χ1v) is 9.04. The highest BCUT2D eigenvalue weighted by Crippen LogP contribution is 2.25. The fourth-order valence-corrected chi connectivity index (χ4v) is 3.02. The van der Waals surface area contributed by atoms with Gasteiger partial charge in [0.15, 0.2) is 6.10 Å². The molecule has 4 heteroatoms. The molecule has 1 aliphatic rings. The number of amides is 1. The first-order valence-electron chi connectivity index (χ1n) is 9.04. The Morgan fingerprint density at radius 1 is 1.04 bits per heavy atom. The van der Waals surface area contributed by atoms with Crippen molar-refractivity contribution < 1.29 is 14.3 Å². The second-order valence-corrected chi connectivity index (χ2v) is 6.37. The lowest BCUT2D eigenvalue weighted by Crippen LogP contribution is -2.32. The van der Waals surface area contributed by atoms with E-state index >= 15 is 0 Å². The number of para-hydroxylation sites is 1. The van der Waals surface area contributed by atoms with Crippen molar-refractivity contribution in [2.45, 2.75) is 51.2 Å². The zero-order valence-electron chi connectivity index (χ0n) is 14.6. The van der Waals surface area contributed by atoms with Crippen molar-refractivity contribution >= 4 is 11.6 Å². The number of nitrogens with one attached hydrogen (secondary N) is 1. The molecule has 1 saturated carbocycles. The van der Waals surface area contributed by atoms with Crippen LogP contribution in [0.4, 0.5) is 5.69 Å². The molecule has 0 bridgehead atoms. The highest BCUT2D eigenvalue weighted by atomic mass is 16.5. The molecule has 1 fully saturated rings. The van der Waals surface area contributed by atoms with E-state index in [1.807, 2.05) is 61.5 Å². The van der Waals surface area contributed by atoms with Crippen LogP contribution in [0.25, 0.3) is 0 Å². The first kappa shape index (κ1) is 17.3. The van der Waals surface area contributed by atoms with Crippen LogP contribution < -0.4 is 14.8 Å². The summed E-state index contributed by atoms with van der Waals surface area (Å²) in [5.41, 5.74) is 0.749. The van der Waals surface area contributed by atoms with Gasteiger partial charge in [0, 0.05) is 5.69 Å². The van der Waals surface area contributed by atoms with Gasteiger partial charge in [-0.3, -0.25) is 4.79 Å². The quantitative estimate of drug-likeness (QED) is 0.788. The summed E-state index contributed by atoms with van der Waals surface area (Å²) in [5, 5.41) is 2.91. The number of hydrogen-bond donors (Lipinski definition) is 1. The lowest BCUT2D eigenvalue weighted by Gasteiger charge is -2.18. The van der Waals surface area contributed by atoms with Crippen molar-refractivity contribution in [2.24, 2.45) is 0 Å². The molecule has 1 aliphatic carbocycles. The predicted octanol–water partition coefficient (Wildman–Crippen LogP) is 4.80.